The van der Waals surface area contributed by atoms with Gasteiger partial charge in [0.05, 0.1) is 12.1 Å². The first-order valence-corrected chi connectivity index (χ1v) is 7.44. The number of nitrogens with one attached hydrogen (secondary N) is 1. The molecule has 20 heavy (non-hydrogen) atoms. The van der Waals surface area contributed by atoms with Gasteiger partial charge in [0.25, 0.3) is 0 Å². The van der Waals surface area contributed by atoms with Gasteiger partial charge < -0.3 is 14.8 Å². The van der Waals surface area contributed by atoms with Crippen molar-refractivity contribution in [2.45, 2.75) is 32.4 Å². The zero-order valence-electron chi connectivity index (χ0n) is 11.7. The molecule has 0 spiro atoms. The topological polar surface area (TPSA) is 30.5 Å². The van der Waals surface area contributed by atoms with Gasteiger partial charge in [-0.3, -0.25) is 0 Å². The lowest BCUT2D eigenvalue weighted by Crippen LogP contribution is -2.15. The molecule has 1 aromatic carbocycles. The predicted octanol–water partition coefficient (Wildman–Crippen LogP) is 4.12. The van der Waals surface area contributed by atoms with Gasteiger partial charge in [-0.2, -0.15) is 0 Å². The molecule has 0 radical (unpaired) electrons. The summed E-state index contributed by atoms with van der Waals surface area (Å²) in [5.74, 6) is 1.20. The Hall–Kier alpha value is -0.900. The van der Waals surface area contributed by atoms with Crippen LogP contribution in [0.5, 0.6) is 11.5 Å². The summed E-state index contributed by atoms with van der Waals surface area (Å²) in [6.45, 7) is 3.07. The molecular weight excluding hydrogens is 297 g/mol. The van der Waals surface area contributed by atoms with Crippen LogP contribution in [0.2, 0.25) is 5.02 Å². The molecule has 1 fully saturated rings. The lowest BCUT2D eigenvalue weighted by molar-refractivity contribution is 0.319. The summed E-state index contributed by atoms with van der Waals surface area (Å²) in [6.07, 6.45) is 2.52. The summed E-state index contributed by atoms with van der Waals surface area (Å²) in [4.78, 5) is 0. The van der Waals surface area contributed by atoms with E-state index in [1.54, 1.807) is 7.11 Å². The smallest absolute Gasteiger partial charge is 0.180 e. The minimum Gasteiger partial charge on any atom is -0.493 e. The molecule has 1 aliphatic carbocycles. The van der Waals surface area contributed by atoms with Crippen LogP contribution in [-0.2, 0) is 6.54 Å². The highest BCUT2D eigenvalue weighted by Crippen LogP contribution is 2.37. The molecule has 0 heterocycles. The van der Waals surface area contributed by atoms with Crippen LogP contribution >= 0.6 is 23.2 Å². The van der Waals surface area contributed by atoms with Crippen molar-refractivity contribution in [1.82, 2.24) is 5.32 Å². The molecule has 1 aliphatic rings. The van der Waals surface area contributed by atoms with E-state index in [9.17, 15) is 0 Å². The Kier molecular flexibility index (Phi) is 5.58. The molecule has 0 aliphatic heterocycles. The molecule has 1 N–H and O–H groups in total. The highest BCUT2D eigenvalue weighted by atomic mass is 35.5. The second kappa shape index (κ2) is 7.21. The van der Waals surface area contributed by atoms with Gasteiger partial charge in [-0.25, -0.2) is 0 Å². The fourth-order valence-electron chi connectivity index (χ4n) is 1.78. The molecule has 0 aromatic heterocycles. The van der Waals surface area contributed by atoms with Crippen molar-refractivity contribution in [3.63, 3.8) is 0 Å². The Balaban J connectivity index is 2.09. The van der Waals surface area contributed by atoms with Gasteiger partial charge in [-0.05, 0) is 43.0 Å². The molecule has 110 valence electrons. The van der Waals surface area contributed by atoms with Crippen LogP contribution in [0.1, 0.15) is 25.3 Å². The molecule has 5 heteroatoms. The van der Waals surface area contributed by atoms with Crippen LogP contribution in [0.25, 0.3) is 0 Å². The van der Waals surface area contributed by atoms with Crippen molar-refractivity contribution in [3.05, 3.63) is 33.8 Å². The van der Waals surface area contributed by atoms with Crippen molar-refractivity contribution < 1.29 is 9.47 Å². The number of rotatable bonds is 7. The molecule has 0 saturated heterocycles. The Labute approximate surface area is 129 Å². The van der Waals surface area contributed by atoms with Crippen molar-refractivity contribution in [2.24, 2.45) is 0 Å². The number of benzene rings is 1. The summed E-state index contributed by atoms with van der Waals surface area (Å²) in [5.41, 5.74) is 3.51. The van der Waals surface area contributed by atoms with Crippen molar-refractivity contribution in [1.29, 1.82) is 0 Å². The molecular formula is C15H19Cl2NO2. The van der Waals surface area contributed by atoms with Crippen LogP contribution in [0.15, 0.2) is 23.2 Å². The number of ether oxygens (including phenoxy) is 2. The van der Waals surface area contributed by atoms with E-state index in [4.69, 9.17) is 32.7 Å². The molecule has 1 aromatic rings. The summed E-state index contributed by atoms with van der Waals surface area (Å²) in [6, 6.07) is 4.53. The third-order valence-electron chi connectivity index (χ3n) is 3.09. The second-order valence-corrected chi connectivity index (χ2v) is 5.63. The van der Waals surface area contributed by atoms with Gasteiger partial charge in [0, 0.05) is 18.1 Å². The van der Waals surface area contributed by atoms with Crippen LogP contribution in [-0.4, -0.2) is 19.8 Å². The zero-order chi connectivity index (χ0) is 14.5. The van der Waals surface area contributed by atoms with Gasteiger partial charge in [-0.15, -0.1) is 0 Å². The number of methoxy groups -OCH3 is 1. The van der Waals surface area contributed by atoms with Crippen LogP contribution < -0.4 is 14.8 Å². The summed E-state index contributed by atoms with van der Waals surface area (Å²) < 4.78 is 11.0. The molecule has 3 nitrogen and oxygen atoms in total. The second-order valence-electron chi connectivity index (χ2n) is 5.01. The average molecular weight is 316 g/mol. The molecule has 2 rings (SSSR count). The van der Waals surface area contributed by atoms with E-state index in [0.29, 0.717) is 29.2 Å². The predicted molar refractivity (Wildman–Crippen MR) is 83.0 cm³/mol. The third-order valence-corrected chi connectivity index (χ3v) is 3.75. The molecule has 0 bridgehead atoms. The lowest BCUT2D eigenvalue weighted by atomic mass is 10.2. The standard InChI is InChI=1S/C15H19Cl2NO2/c1-10(7-16)9-20-15-13(17)5-11(6-14(15)19-2)8-18-12-3-4-12/h5-7,12,18H,3-4,8-9H2,1-2H3/b10-7+. The first kappa shape index (κ1) is 15.5. The van der Waals surface area contributed by atoms with Gasteiger partial charge >= 0.3 is 0 Å². The molecule has 1 saturated carbocycles. The number of hydrogen-bond acceptors (Lipinski definition) is 3. The molecule has 0 amide bonds. The maximum atomic E-state index is 6.29. The summed E-state index contributed by atoms with van der Waals surface area (Å²) in [7, 11) is 1.61. The first-order valence-electron chi connectivity index (χ1n) is 6.62. The van der Waals surface area contributed by atoms with E-state index < -0.39 is 0 Å². The summed E-state index contributed by atoms with van der Waals surface area (Å²) >= 11 is 11.9. The van der Waals surface area contributed by atoms with E-state index >= 15 is 0 Å². The van der Waals surface area contributed by atoms with E-state index in [0.717, 1.165) is 17.7 Å². The van der Waals surface area contributed by atoms with E-state index in [2.05, 4.69) is 5.32 Å². The number of halogens is 2. The maximum absolute atomic E-state index is 6.29. The summed E-state index contributed by atoms with van der Waals surface area (Å²) in [5, 5.41) is 4.00. The highest BCUT2D eigenvalue weighted by Gasteiger charge is 2.20. The van der Waals surface area contributed by atoms with Gasteiger partial charge in [0.15, 0.2) is 11.5 Å². The van der Waals surface area contributed by atoms with Crippen molar-refractivity contribution in [3.8, 4) is 11.5 Å². The van der Waals surface area contributed by atoms with Crippen molar-refractivity contribution >= 4 is 23.2 Å². The first-order chi connectivity index (χ1) is 9.63. The Morgan fingerprint density at radius 3 is 2.80 bits per heavy atom. The SMILES string of the molecule is COc1cc(CNC2CC2)cc(Cl)c1OC/C(C)=C/Cl. The van der Waals surface area contributed by atoms with Crippen LogP contribution in [0, 0.1) is 0 Å². The highest BCUT2D eigenvalue weighted by molar-refractivity contribution is 6.32. The van der Waals surface area contributed by atoms with Gasteiger partial charge in [0.2, 0.25) is 0 Å². The Morgan fingerprint density at radius 1 is 1.45 bits per heavy atom. The largest absolute Gasteiger partial charge is 0.493 e. The monoisotopic (exact) mass is 315 g/mol. The van der Waals surface area contributed by atoms with E-state index in [-0.39, 0.29) is 0 Å². The van der Waals surface area contributed by atoms with Crippen LogP contribution in [0.4, 0.5) is 0 Å². The van der Waals surface area contributed by atoms with Crippen molar-refractivity contribution in [2.75, 3.05) is 13.7 Å². The maximum Gasteiger partial charge on any atom is 0.180 e. The fourth-order valence-corrected chi connectivity index (χ4v) is 2.13. The van der Waals surface area contributed by atoms with E-state index in [1.807, 2.05) is 19.1 Å². The third kappa shape index (κ3) is 4.30. The Bertz CT molecular complexity index is 499. The lowest BCUT2D eigenvalue weighted by Gasteiger charge is -2.14. The molecule has 0 unspecified atom stereocenters. The van der Waals surface area contributed by atoms with E-state index in [1.165, 1.54) is 18.4 Å². The average Bonchev–Trinajstić information content (AvgIpc) is 3.27. The zero-order valence-corrected chi connectivity index (χ0v) is 13.2. The normalized spacial score (nSPS) is 15.3. The minimum atomic E-state index is 0.388. The van der Waals surface area contributed by atoms with Crippen LogP contribution in [0.3, 0.4) is 0 Å². The molecule has 0 atom stereocenters. The Morgan fingerprint density at radius 2 is 2.20 bits per heavy atom. The fraction of sp³-hybridized carbons (Fsp3) is 0.467. The quantitative estimate of drug-likeness (QED) is 0.821. The number of hydrogen-bond donors (Lipinski definition) is 1. The van der Waals surface area contributed by atoms with Gasteiger partial charge in [-0.1, -0.05) is 23.2 Å². The van der Waals surface area contributed by atoms with Gasteiger partial charge in [0.1, 0.15) is 6.61 Å². The minimum absolute atomic E-state index is 0.388.